The zero-order valence-electron chi connectivity index (χ0n) is 13.4. The summed E-state index contributed by atoms with van der Waals surface area (Å²) in [5, 5.41) is 12.6. The first-order valence-electron chi connectivity index (χ1n) is 7.65. The lowest BCUT2D eigenvalue weighted by molar-refractivity contribution is 0.211. The molecule has 0 saturated heterocycles. The maximum Gasteiger partial charge on any atom is 0.266 e. The number of benzene rings is 2. The zero-order valence-corrected chi connectivity index (χ0v) is 15.0. The number of alkyl halides is 1. The fourth-order valence-corrected chi connectivity index (χ4v) is 4.08. The minimum atomic E-state index is -3.73. The van der Waals surface area contributed by atoms with Gasteiger partial charge in [0.15, 0.2) is 0 Å². The second kappa shape index (κ2) is 8.37. The van der Waals surface area contributed by atoms with E-state index in [9.17, 15) is 13.5 Å². The molecule has 0 aliphatic rings. The van der Waals surface area contributed by atoms with E-state index in [2.05, 4.69) is 5.32 Å². The minimum absolute atomic E-state index is 0.0764. The van der Waals surface area contributed by atoms with Crippen molar-refractivity contribution < 1.29 is 13.5 Å². The number of anilines is 2. The largest absolute Gasteiger partial charge is 0.390 e. The molecule has 0 saturated carbocycles. The highest BCUT2D eigenvalue weighted by atomic mass is 35.5. The molecule has 2 aromatic rings. The van der Waals surface area contributed by atoms with Gasteiger partial charge in [0.2, 0.25) is 0 Å². The first-order chi connectivity index (χ1) is 11.5. The molecule has 0 bridgehead atoms. The first-order valence-corrected chi connectivity index (χ1v) is 9.63. The second-order valence-electron chi connectivity index (χ2n) is 5.19. The fraction of sp³-hybridized carbons (Fsp3) is 0.294. The summed E-state index contributed by atoms with van der Waals surface area (Å²) in [5.74, 6) is 0.0764. The first kappa shape index (κ1) is 18.6. The Morgan fingerprint density at radius 1 is 1.12 bits per heavy atom. The van der Waals surface area contributed by atoms with Gasteiger partial charge in [0.05, 0.1) is 23.4 Å². The van der Waals surface area contributed by atoms with Crippen LogP contribution in [0, 0.1) is 0 Å². The molecule has 0 aliphatic carbocycles. The maximum atomic E-state index is 13.1. The Bertz CT molecular complexity index is 753. The predicted molar refractivity (Wildman–Crippen MR) is 98.3 cm³/mol. The highest BCUT2D eigenvalue weighted by Gasteiger charge is 2.26. The van der Waals surface area contributed by atoms with Crippen molar-refractivity contribution in [3.63, 3.8) is 0 Å². The van der Waals surface area contributed by atoms with Crippen molar-refractivity contribution in [1.82, 2.24) is 0 Å². The third-order valence-electron chi connectivity index (χ3n) is 3.49. The lowest BCUT2D eigenvalue weighted by Gasteiger charge is -2.24. The molecule has 0 heterocycles. The van der Waals surface area contributed by atoms with Crippen molar-refractivity contribution in [2.24, 2.45) is 0 Å². The Kier molecular flexibility index (Phi) is 6.48. The van der Waals surface area contributed by atoms with Crippen molar-refractivity contribution >= 4 is 33.0 Å². The molecule has 0 aromatic heterocycles. The molecule has 2 aromatic carbocycles. The van der Waals surface area contributed by atoms with E-state index in [1.54, 1.807) is 55.5 Å². The molecular formula is C17H21ClN2O3S. The molecule has 0 spiro atoms. The Morgan fingerprint density at radius 2 is 1.75 bits per heavy atom. The van der Waals surface area contributed by atoms with E-state index in [4.69, 9.17) is 11.6 Å². The number of nitrogens with one attached hydrogen (secondary N) is 1. The summed E-state index contributed by atoms with van der Waals surface area (Å²) in [5.41, 5.74) is 1.05. The number of hydrogen-bond donors (Lipinski definition) is 2. The molecule has 2 N–H and O–H groups in total. The average Bonchev–Trinajstić information content (AvgIpc) is 2.61. The Morgan fingerprint density at radius 3 is 2.38 bits per heavy atom. The number of nitrogens with zero attached hydrogens (tertiary/aromatic N) is 1. The lowest BCUT2D eigenvalue weighted by Crippen LogP contribution is -2.31. The number of para-hydroxylation sites is 2. The van der Waals surface area contributed by atoms with E-state index in [-0.39, 0.29) is 17.3 Å². The minimum Gasteiger partial charge on any atom is -0.390 e. The SMILES string of the molecule is CCN(c1ccccc1)S(=O)(=O)c1ccccc1NCC(O)CCl. The summed E-state index contributed by atoms with van der Waals surface area (Å²) in [7, 11) is -3.73. The molecule has 130 valence electrons. The second-order valence-corrected chi connectivity index (χ2v) is 7.33. The van der Waals surface area contributed by atoms with E-state index in [0.29, 0.717) is 17.9 Å². The van der Waals surface area contributed by atoms with Crippen LogP contribution >= 0.6 is 11.6 Å². The Labute approximate surface area is 147 Å². The van der Waals surface area contributed by atoms with Crippen LogP contribution in [0.2, 0.25) is 0 Å². The number of aliphatic hydroxyl groups excluding tert-OH is 1. The van der Waals surface area contributed by atoms with Crippen LogP contribution in [0.3, 0.4) is 0 Å². The van der Waals surface area contributed by atoms with Gasteiger partial charge in [0, 0.05) is 13.1 Å². The topological polar surface area (TPSA) is 69.6 Å². The smallest absolute Gasteiger partial charge is 0.266 e. The number of sulfonamides is 1. The van der Waals surface area contributed by atoms with E-state index in [1.807, 2.05) is 6.07 Å². The van der Waals surface area contributed by atoms with Crippen LogP contribution in [0.4, 0.5) is 11.4 Å². The molecule has 0 radical (unpaired) electrons. The van der Waals surface area contributed by atoms with Gasteiger partial charge in [0.25, 0.3) is 10.0 Å². The quantitative estimate of drug-likeness (QED) is 0.703. The summed E-state index contributed by atoms with van der Waals surface area (Å²) >= 11 is 5.58. The van der Waals surface area contributed by atoms with Gasteiger partial charge >= 0.3 is 0 Å². The van der Waals surface area contributed by atoms with Crippen molar-refractivity contribution in [2.75, 3.05) is 28.6 Å². The number of hydrogen-bond acceptors (Lipinski definition) is 4. The van der Waals surface area contributed by atoms with Gasteiger partial charge in [-0.15, -0.1) is 11.6 Å². The van der Waals surface area contributed by atoms with Gasteiger partial charge in [-0.2, -0.15) is 0 Å². The molecule has 24 heavy (non-hydrogen) atoms. The van der Waals surface area contributed by atoms with Crippen molar-refractivity contribution in [2.45, 2.75) is 17.9 Å². The molecule has 2 rings (SSSR count). The van der Waals surface area contributed by atoms with Crippen molar-refractivity contribution in [3.8, 4) is 0 Å². The maximum absolute atomic E-state index is 13.1. The van der Waals surface area contributed by atoms with Crippen LogP contribution in [0.5, 0.6) is 0 Å². The van der Waals surface area contributed by atoms with Crippen LogP contribution in [-0.4, -0.2) is 38.6 Å². The van der Waals surface area contributed by atoms with Crippen LogP contribution < -0.4 is 9.62 Å². The monoisotopic (exact) mass is 368 g/mol. The van der Waals surface area contributed by atoms with E-state index in [0.717, 1.165) is 0 Å². The van der Waals surface area contributed by atoms with Crippen molar-refractivity contribution in [3.05, 3.63) is 54.6 Å². The predicted octanol–water partition coefficient (Wildman–Crippen LogP) is 2.91. The summed E-state index contributed by atoms with van der Waals surface area (Å²) in [6.45, 7) is 2.27. The van der Waals surface area contributed by atoms with Crippen molar-refractivity contribution in [1.29, 1.82) is 0 Å². The standard InChI is InChI=1S/C17H21ClN2O3S/c1-2-20(14-8-4-3-5-9-14)24(22,23)17-11-7-6-10-16(17)19-13-15(21)12-18/h3-11,15,19,21H,2,12-13H2,1H3. The molecule has 7 heteroatoms. The van der Waals surface area contributed by atoms with Crippen LogP contribution in [-0.2, 0) is 10.0 Å². The Hall–Kier alpha value is -1.76. The van der Waals surface area contributed by atoms with Gasteiger partial charge in [0.1, 0.15) is 4.90 Å². The molecule has 5 nitrogen and oxygen atoms in total. The number of aliphatic hydroxyl groups is 1. The summed E-state index contributed by atoms with van der Waals surface area (Å²) in [6.07, 6.45) is -0.751. The molecule has 0 aliphatic heterocycles. The molecule has 0 fully saturated rings. The van der Waals surface area contributed by atoms with Gasteiger partial charge in [-0.1, -0.05) is 30.3 Å². The molecular weight excluding hydrogens is 348 g/mol. The lowest BCUT2D eigenvalue weighted by atomic mass is 10.3. The average molecular weight is 369 g/mol. The molecule has 1 unspecified atom stereocenters. The van der Waals surface area contributed by atoms with E-state index < -0.39 is 16.1 Å². The van der Waals surface area contributed by atoms with Crippen LogP contribution in [0.25, 0.3) is 0 Å². The van der Waals surface area contributed by atoms with E-state index >= 15 is 0 Å². The molecule has 0 amide bonds. The van der Waals surface area contributed by atoms with Crippen LogP contribution in [0.1, 0.15) is 6.92 Å². The zero-order chi connectivity index (χ0) is 17.6. The van der Waals surface area contributed by atoms with Gasteiger partial charge in [-0.3, -0.25) is 4.31 Å². The summed E-state index contributed by atoms with van der Waals surface area (Å²) in [6, 6.07) is 15.6. The third-order valence-corrected chi connectivity index (χ3v) is 5.81. The highest BCUT2D eigenvalue weighted by Crippen LogP contribution is 2.28. The molecule has 1 atom stereocenters. The van der Waals surface area contributed by atoms with Gasteiger partial charge in [-0.25, -0.2) is 8.42 Å². The normalized spacial score (nSPS) is 12.6. The Balaban J connectivity index is 2.38. The number of halogens is 1. The van der Waals surface area contributed by atoms with E-state index in [1.165, 1.54) is 4.31 Å². The summed E-state index contributed by atoms with van der Waals surface area (Å²) < 4.78 is 27.5. The summed E-state index contributed by atoms with van der Waals surface area (Å²) in [4.78, 5) is 0.164. The number of rotatable bonds is 8. The van der Waals surface area contributed by atoms with Gasteiger partial charge < -0.3 is 10.4 Å². The van der Waals surface area contributed by atoms with Crippen LogP contribution in [0.15, 0.2) is 59.5 Å². The fourth-order valence-electron chi connectivity index (χ4n) is 2.32. The van der Waals surface area contributed by atoms with Gasteiger partial charge in [-0.05, 0) is 31.2 Å². The third kappa shape index (κ3) is 4.20. The highest BCUT2D eigenvalue weighted by molar-refractivity contribution is 7.93.